The van der Waals surface area contributed by atoms with Crippen LogP contribution in [-0.2, 0) is 0 Å². The number of nitrogens with one attached hydrogen (secondary N) is 1. The number of aliphatic hydroxyl groups excluding tert-OH is 1. The van der Waals surface area contributed by atoms with Crippen molar-refractivity contribution in [1.29, 1.82) is 0 Å². The third-order valence-electron chi connectivity index (χ3n) is 3.35. The fourth-order valence-corrected chi connectivity index (χ4v) is 2.64. The highest BCUT2D eigenvalue weighted by Crippen LogP contribution is 2.39. The molecule has 0 aromatic heterocycles. The molecule has 1 rings (SSSR count). The van der Waals surface area contributed by atoms with Gasteiger partial charge < -0.3 is 10.4 Å². The maximum absolute atomic E-state index is 9.46. The molecule has 0 bridgehead atoms. The van der Waals surface area contributed by atoms with E-state index in [1.165, 1.54) is 25.7 Å². The maximum atomic E-state index is 9.46. The smallest absolute Gasteiger partial charge is 0.0540 e. The van der Waals surface area contributed by atoms with E-state index in [-0.39, 0.29) is 6.10 Å². The van der Waals surface area contributed by atoms with Crippen LogP contribution < -0.4 is 5.32 Å². The highest BCUT2D eigenvalue weighted by atomic mass is 16.3. The Morgan fingerprint density at radius 2 is 2.00 bits per heavy atom. The zero-order chi connectivity index (χ0) is 9.73. The van der Waals surface area contributed by atoms with Gasteiger partial charge in [0.25, 0.3) is 0 Å². The second-order valence-corrected chi connectivity index (χ2v) is 4.51. The van der Waals surface area contributed by atoms with Gasteiger partial charge in [-0.2, -0.15) is 0 Å². The highest BCUT2D eigenvalue weighted by Gasteiger charge is 2.33. The molecular weight excluding hydrogens is 162 g/mol. The first-order valence-corrected chi connectivity index (χ1v) is 5.55. The molecule has 1 aliphatic rings. The Hall–Kier alpha value is -0.0800. The Balaban J connectivity index is 2.47. The van der Waals surface area contributed by atoms with Crippen LogP contribution in [0, 0.1) is 5.41 Å². The first-order valence-electron chi connectivity index (χ1n) is 5.55. The molecule has 0 heterocycles. The van der Waals surface area contributed by atoms with Crippen LogP contribution in [0.25, 0.3) is 0 Å². The summed E-state index contributed by atoms with van der Waals surface area (Å²) in [5.74, 6) is 0. The van der Waals surface area contributed by atoms with Crippen molar-refractivity contribution in [2.24, 2.45) is 5.41 Å². The molecule has 0 atom stereocenters. The molecule has 0 spiro atoms. The fourth-order valence-electron chi connectivity index (χ4n) is 2.64. The molecule has 2 nitrogen and oxygen atoms in total. The average molecular weight is 185 g/mol. The average Bonchev–Trinajstić information content (AvgIpc) is 2.11. The Labute approximate surface area is 81.7 Å². The van der Waals surface area contributed by atoms with Gasteiger partial charge >= 0.3 is 0 Å². The topological polar surface area (TPSA) is 32.3 Å². The molecule has 1 fully saturated rings. The van der Waals surface area contributed by atoms with E-state index in [0.717, 1.165) is 19.4 Å². The molecule has 0 saturated heterocycles. The Morgan fingerprint density at radius 1 is 1.38 bits per heavy atom. The summed E-state index contributed by atoms with van der Waals surface area (Å²) in [6, 6.07) is 0. The lowest BCUT2D eigenvalue weighted by molar-refractivity contribution is 0.0576. The summed E-state index contributed by atoms with van der Waals surface area (Å²) in [6.07, 6.45) is 6.94. The second kappa shape index (κ2) is 4.97. The monoisotopic (exact) mass is 185 g/mol. The quantitative estimate of drug-likeness (QED) is 0.701. The van der Waals surface area contributed by atoms with Crippen molar-refractivity contribution in [3.8, 4) is 0 Å². The van der Waals surface area contributed by atoms with Crippen LogP contribution in [0.4, 0.5) is 0 Å². The number of rotatable bonds is 4. The van der Waals surface area contributed by atoms with Crippen molar-refractivity contribution in [2.75, 3.05) is 13.6 Å². The minimum absolute atomic E-state index is 0.0261. The summed E-state index contributed by atoms with van der Waals surface area (Å²) in [5, 5.41) is 12.8. The Bertz CT molecular complexity index is 131. The van der Waals surface area contributed by atoms with Gasteiger partial charge in [-0.1, -0.05) is 13.3 Å². The predicted octanol–water partition coefficient (Wildman–Crippen LogP) is 1.93. The van der Waals surface area contributed by atoms with Crippen molar-refractivity contribution in [2.45, 2.75) is 51.6 Å². The van der Waals surface area contributed by atoms with Crippen LogP contribution in [0.2, 0.25) is 0 Å². The molecule has 2 N–H and O–H groups in total. The fraction of sp³-hybridized carbons (Fsp3) is 1.00. The molecule has 78 valence electrons. The van der Waals surface area contributed by atoms with E-state index < -0.39 is 0 Å². The molecule has 0 unspecified atom stereocenters. The van der Waals surface area contributed by atoms with E-state index in [1.807, 2.05) is 7.05 Å². The van der Waals surface area contributed by atoms with Crippen LogP contribution in [0.3, 0.4) is 0 Å². The largest absolute Gasteiger partial charge is 0.393 e. The molecular formula is C11H23NO. The third kappa shape index (κ3) is 2.96. The summed E-state index contributed by atoms with van der Waals surface area (Å²) in [7, 11) is 2.03. The first kappa shape index (κ1) is 11.0. The van der Waals surface area contributed by atoms with E-state index in [9.17, 15) is 5.11 Å². The van der Waals surface area contributed by atoms with Gasteiger partial charge in [-0.25, -0.2) is 0 Å². The van der Waals surface area contributed by atoms with Crippen LogP contribution >= 0.6 is 0 Å². The van der Waals surface area contributed by atoms with Crippen molar-refractivity contribution in [1.82, 2.24) is 5.32 Å². The minimum Gasteiger partial charge on any atom is -0.393 e. The first-order chi connectivity index (χ1) is 6.22. The van der Waals surface area contributed by atoms with Gasteiger partial charge in [0.05, 0.1) is 6.10 Å². The summed E-state index contributed by atoms with van der Waals surface area (Å²) < 4.78 is 0. The van der Waals surface area contributed by atoms with Crippen LogP contribution in [-0.4, -0.2) is 24.8 Å². The van der Waals surface area contributed by atoms with Crippen LogP contribution in [0.1, 0.15) is 45.4 Å². The SMILES string of the molecule is CCCC1(CNC)CCC(O)CC1. The summed E-state index contributed by atoms with van der Waals surface area (Å²) in [4.78, 5) is 0. The number of hydrogen-bond acceptors (Lipinski definition) is 2. The molecule has 0 aromatic carbocycles. The van der Waals surface area contributed by atoms with Gasteiger partial charge in [-0.05, 0) is 44.6 Å². The van der Waals surface area contributed by atoms with E-state index >= 15 is 0 Å². The van der Waals surface area contributed by atoms with Gasteiger partial charge in [-0.15, -0.1) is 0 Å². The van der Waals surface area contributed by atoms with E-state index in [4.69, 9.17) is 0 Å². The normalized spacial score (nSPS) is 34.8. The van der Waals surface area contributed by atoms with E-state index in [1.54, 1.807) is 0 Å². The molecule has 0 aliphatic heterocycles. The third-order valence-corrected chi connectivity index (χ3v) is 3.35. The van der Waals surface area contributed by atoms with Gasteiger partial charge in [-0.3, -0.25) is 0 Å². The molecule has 1 saturated carbocycles. The lowest BCUT2D eigenvalue weighted by Gasteiger charge is -2.39. The van der Waals surface area contributed by atoms with Gasteiger partial charge in [0.15, 0.2) is 0 Å². The van der Waals surface area contributed by atoms with Crippen molar-refractivity contribution in [3.63, 3.8) is 0 Å². The number of hydrogen-bond donors (Lipinski definition) is 2. The van der Waals surface area contributed by atoms with Gasteiger partial charge in [0.2, 0.25) is 0 Å². The zero-order valence-corrected chi connectivity index (χ0v) is 8.97. The van der Waals surface area contributed by atoms with Crippen molar-refractivity contribution in [3.05, 3.63) is 0 Å². The molecule has 0 aromatic rings. The van der Waals surface area contributed by atoms with E-state index in [2.05, 4.69) is 12.2 Å². The molecule has 0 radical (unpaired) electrons. The molecule has 1 aliphatic carbocycles. The summed E-state index contributed by atoms with van der Waals surface area (Å²) in [5.41, 5.74) is 0.489. The van der Waals surface area contributed by atoms with Crippen LogP contribution in [0.5, 0.6) is 0 Å². The standard InChI is InChI=1S/C11H23NO/c1-3-6-11(9-12-2)7-4-10(13)5-8-11/h10,12-13H,3-9H2,1-2H3. The Kier molecular flexibility index (Phi) is 4.20. The van der Waals surface area contributed by atoms with Crippen molar-refractivity contribution < 1.29 is 5.11 Å². The lowest BCUT2D eigenvalue weighted by atomic mass is 9.70. The zero-order valence-electron chi connectivity index (χ0n) is 8.97. The molecule has 13 heavy (non-hydrogen) atoms. The minimum atomic E-state index is -0.0261. The molecule has 2 heteroatoms. The van der Waals surface area contributed by atoms with Gasteiger partial charge in [0, 0.05) is 6.54 Å². The summed E-state index contributed by atoms with van der Waals surface area (Å²) in [6.45, 7) is 3.37. The van der Waals surface area contributed by atoms with Crippen LogP contribution in [0.15, 0.2) is 0 Å². The van der Waals surface area contributed by atoms with E-state index in [0.29, 0.717) is 5.41 Å². The van der Waals surface area contributed by atoms with Crippen molar-refractivity contribution >= 4 is 0 Å². The highest BCUT2D eigenvalue weighted by molar-refractivity contribution is 4.86. The van der Waals surface area contributed by atoms with Gasteiger partial charge in [0.1, 0.15) is 0 Å². The number of aliphatic hydroxyl groups is 1. The molecule has 0 amide bonds. The summed E-state index contributed by atoms with van der Waals surface area (Å²) >= 11 is 0. The lowest BCUT2D eigenvalue weighted by Crippen LogP contribution is -2.37. The second-order valence-electron chi connectivity index (χ2n) is 4.51. The predicted molar refractivity (Wildman–Crippen MR) is 55.7 cm³/mol. The Morgan fingerprint density at radius 3 is 2.46 bits per heavy atom. The maximum Gasteiger partial charge on any atom is 0.0540 e.